The van der Waals surface area contributed by atoms with Crippen LogP contribution in [0, 0.1) is 0 Å². The van der Waals surface area contributed by atoms with Crippen molar-refractivity contribution >= 4 is 6.09 Å². The zero-order valence-electron chi connectivity index (χ0n) is 14.8. The highest BCUT2D eigenvalue weighted by Crippen LogP contribution is 2.25. The number of nitrogens with one attached hydrogen (secondary N) is 1. The van der Waals surface area contributed by atoms with Crippen LogP contribution in [0.4, 0.5) is 4.79 Å². The monoisotopic (exact) mass is 334 g/mol. The Morgan fingerprint density at radius 2 is 2.00 bits per heavy atom. The molecular weight excluding hydrogens is 304 g/mol. The molecule has 5 heteroatoms. The fraction of sp³-hybridized carbons (Fsp3) is 0.632. The summed E-state index contributed by atoms with van der Waals surface area (Å²) in [6, 6.07) is 10.4. The molecule has 2 atom stereocenters. The number of hydrogen-bond donors (Lipinski definition) is 2. The Morgan fingerprint density at radius 3 is 2.67 bits per heavy atom. The number of nitrogens with zero attached hydrogens (tertiary/aromatic N) is 1. The number of carbonyl (C=O) groups excluding carboxylic acids is 1. The molecule has 24 heavy (non-hydrogen) atoms. The van der Waals surface area contributed by atoms with E-state index in [0.29, 0.717) is 12.6 Å². The van der Waals surface area contributed by atoms with E-state index in [-0.39, 0.29) is 31.4 Å². The van der Waals surface area contributed by atoms with E-state index < -0.39 is 0 Å². The third kappa shape index (κ3) is 5.49. The number of aliphatic hydroxyl groups is 1. The van der Waals surface area contributed by atoms with Crippen LogP contribution in [0.5, 0.6) is 0 Å². The van der Waals surface area contributed by atoms with Crippen molar-refractivity contribution in [3.8, 4) is 0 Å². The van der Waals surface area contributed by atoms with Gasteiger partial charge in [0.05, 0.1) is 6.61 Å². The summed E-state index contributed by atoms with van der Waals surface area (Å²) in [7, 11) is 0. The van der Waals surface area contributed by atoms with E-state index in [9.17, 15) is 9.90 Å². The van der Waals surface area contributed by atoms with Gasteiger partial charge in [-0.05, 0) is 32.3 Å². The second-order valence-corrected chi connectivity index (χ2v) is 6.72. The summed E-state index contributed by atoms with van der Waals surface area (Å²) in [6.45, 7) is 5.33. The highest BCUT2D eigenvalue weighted by Gasteiger charge is 2.32. The average Bonchev–Trinajstić information content (AvgIpc) is 2.59. The molecule has 1 aromatic carbocycles. The normalized spacial score (nSPS) is 21.0. The van der Waals surface area contributed by atoms with Crippen molar-refractivity contribution in [2.24, 2.45) is 0 Å². The van der Waals surface area contributed by atoms with E-state index >= 15 is 0 Å². The Labute approximate surface area is 145 Å². The van der Waals surface area contributed by atoms with Gasteiger partial charge >= 0.3 is 6.09 Å². The second kappa shape index (κ2) is 9.64. The number of hydrogen-bond acceptors (Lipinski definition) is 4. The lowest BCUT2D eigenvalue weighted by atomic mass is 9.88. The molecule has 0 aliphatic heterocycles. The van der Waals surface area contributed by atoms with Gasteiger partial charge in [0.1, 0.15) is 6.61 Å². The maximum Gasteiger partial charge on any atom is 0.407 e. The lowest BCUT2D eigenvalue weighted by molar-refractivity contribution is 0.0663. The summed E-state index contributed by atoms with van der Waals surface area (Å²) in [6.07, 6.45) is 3.92. The first-order valence-corrected chi connectivity index (χ1v) is 8.95. The van der Waals surface area contributed by atoms with Crippen LogP contribution in [0.15, 0.2) is 30.3 Å². The van der Waals surface area contributed by atoms with Crippen LogP contribution in [-0.2, 0) is 11.3 Å². The molecule has 1 saturated carbocycles. The van der Waals surface area contributed by atoms with Gasteiger partial charge in [0.15, 0.2) is 0 Å². The molecule has 0 unspecified atom stereocenters. The number of amides is 1. The molecule has 0 bridgehead atoms. The number of alkyl carbamates (subject to hydrolysis) is 1. The lowest BCUT2D eigenvalue weighted by Crippen LogP contribution is -2.55. The molecule has 1 fully saturated rings. The van der Waals surface area contributed by atoms with Gasteiger partial charge in [0.25, 0.3) is 0 Å². The minimum absolute atomic E-state index is 0.0796. The first-order chi connectivity index (χ1) is 11.6. The van der Waals surface area contributed by atoms with Gasteiger partial charge in [0.2, 0.25) is 0 Å². The predicted octanol–water partition coefficient (Wildman–Crippen LogP) is 2.93. The smallest absolute Gasteiger partial charge is 0.407 e. The topological polar surface area (TPSA) is 61.8 Å². The quantitative estimate of drug-likeness (QED) is 0.805. The van der Waals surface area contributed by atoms with Gasteiger partial charge in [-0.15, -0.1) is 0 Å². The van der Waals surface area contributed by atoms with Gasteiger partial charge in [-0.25, -0.2) is 4.79 Å². The lowest BCUT2D eigenvalue weighted by Gasteiger charge is -2.42. The number of carbonyl (C=O) groups is 1. The van der Waals surface area contributed by atoms with Gasteiger partial charge in [-0.1, -0.05) is 43.2 Å². The summed E-state index contributed by atoms with van der Waals surface area (Å²) < 4.78 is 5.36. The fourth-order valence-corrected chi connectivity index (χ4v) is 3.52. The summed E-state index contributed by atoms with van der Waals surface area (Å²) in [4.78, 5) is 14.5. The summed E-state index contributed by atoms with van der Waals surface area (Å²) in [5.74, 6) is 0. The maximum atomic E-state index is 12.2. The van der Waals surface area contributed by atoms with Crippen molar-refractivity contribution in [1.29, 1.82) is 0 Å². The maximum absolute atomic E-state index is 12.2. The van der Waals surface area contributed by atoms with Gasteiger partial charge in [-0.3, -0.25) is 4.90 Å². The number of ether oxygens (including phenoxy) is 1. The summed E-state index contributed by atoms with van der Waals surface area (Å²) in [5.41, 5.74) is 0.983. The molecular formula is C19H30N2O3. The minimum Gasteiger partial charge on any atom is -0.445 e. The van der Waals surface area contributed by atoms with Crippen LogP contribution >= 0.6 is 0 Å². The highest BCUT2D eigenvalue weighted by atomic mass is 16.5. The van der Waals surface area contributed by atoms with Crippen molar-refractivity contribution in [3.63, 3.8) is 0 Å². The SMILES string of the molecule is CC(C)N(CCO)[C@@H]1CCCC[C@@H]1NC(=O)OCc1ccccc1. The summed E-state index contributed by atoms with van der Waals surface area (Å²) in [5, 5.41) is 12.4. The molecule has 0 saturated heterocycles. The van der Waals surface area contributed by atoms with E-state index in [1.165, 1.54) is 0 Å². The Balaban J connectivity index is 1.90. The molecule has 0 radical (unpaired) electrons. The Morgan fingerprint density at radius 1 is 1.29 bits per heavy atom. The van der Waals surface area contributed by atoms with Crippen molar-refractivity contribution in [3.05, 3.63) is 35.9 Å². The van der Waals surface area contributed by atoms with Crippen molar-refractivity contribution in [2.75, 3.05) is 13.2 Å². The second-order valence-electron chi connectivity index (χ2n) is 6.72. The van der Waals surface area contributed by atoms with Gasteiger partial charge in [-0.2, -0.15) is 0 Å². The van der Waals surface area contributed by atoms with Crippen molar-refractivity contribution in [1.82, 2.24) is 10.2 Å². The standard InChI is InChI=1S/C19H30N2O3/c1-15(2)21(12-13-22)18-11-7-6-10-17(18)20-19(23)24-14-16-8-4-3-5-9-16/h3-5,8-9,15,17-18,22H,6-7,10-14H2,1-2H3,(H,20,23)/t17-,18+/m0/s1. The van der Waals surface area contributed by atoms with E-state index in [4.69, 9.17) is 4.74 Å². The third-order valence-corrected chi connectivity index (χ3v) is 4.69. The zero-order chi connectivity index (χ0) is 17.4. The van der Waals surface area contributed by atoms with Gasteiger partial charge < -0.3 is 15.2 Å². The largest absolute Gasteiger partial charge is 0.445 e. The van der Waals surface area contributed by atoms with Crippen LogP contribution in [0.25, 0.3) is 0 Å². The van der Waals surface area contributed by atoms with Gasteiger partial charge in [0, 0.05) is 24.7 Å². The van der Waals surface area contributed by atoms with Crippen LogP contribution in [0.1, 0.15) is 45.1 Å². The van der Waals surface area contributed by atoms with Crippen LogP contribution in [-0.4, -0.2) is 47.4 Å². The Bertz CT molecular complexity index is 493. The van der Waals surface area contributed by atoms with E-state index in [0.717, 1.165) is 31.2 Å². The molecule has 2 rings (SSSR count). The molecule has 0 aromatic heterocycles. The third-order valence-electron chi connectivity index (χ3n) is 4.69. The van der Waals surface area contributed by atoms with E-state index in [2.05, 4.69) is 24.1 Å². The Hall–Kier alpha value is -1.59. The number of benzene rings is 1. The van der Waals surface area contributed by atoms with Crippen molar-refractivity contribution in [2.45, 2.75) is 64.3 Å². The van der Waals surface area contributed by atoms with Crippen LogP contribution in [0.2, 0.25) is 0 Å². The van der Waals surface area contributed by atoms with E-state index in [1.54, 1.807) is 0 Å². The highest BCUT2D eigenvalue weighted by molar-refractivity contribution is 5.67. The molecule has 1 amide bonds. The molecule has 1 aliphatic carbocycles. The molecule has 0 heterocycles. The van der Waals surface area contributed by atoms with E-state index in [1.807, 2.05) is 30.3 Å². The molecule has 1 aliphatic rings. The predicted molar refractivity (Wildman–Crippen MR) is 94.7 cm³/mol. The van der Waals surface area contributed by atoms with Crippen molar-refractivity contribution < 1.29 is 14.6 Å². The summed E-state index contributed by atoms with van der Waals surface area (Å²) >= 11 is 0. The molecule has 0 spiro atoms. The van der Waals surface area contributed by atoms with Crippen LogP contribution < -0.4 is 5.32 Å². The number of aliphatic hydroxyl groups excluding tert-OH is 1. The first-order valence-electron chi connectivity index (χ1n) is 8.95. The average molecular weight is 334 g/mol. The van der Waals surface area contributed by atoms with Crippen LogP contribution in [0.3, 0.4) is 0 Å². The Kier molecular flexibility index (Phi) is 7.53. The molecule has 2 N–H and O–H groups in total. The minimum atomic E-state index is -0.358. The first kappa shape index (κ1) is 18.7. The zero-order valence-corrected chi connectivity index (χ0v) is 14.8. The molecule has 134 valence electrons. The molecule has 5 nitrogen and oxygen atoms in total. The molecule has 1 aromatic rings. The fourth-order valence-electron chi connectivity index (χ4n) is 3.52. The number of rotatable bonds is 7.